The van der Waals surface area contributed by atoms with Crippen molar-refractivity contribution in [2.24, 2.45) is 0 Å². The van der Waals surface area contributed by atoms with Crippen LogP contribution < -0.4 is 5.43 Å². The zero-order valence-electron chi connectivity index (χ0n) is 14.7. The largest absolute Gasteiger partial charge is 0.348 e. The summed E-state index contributed by atoms with van der Waals surface area (Å²) in [7, 11) is -3.76. The second-order valence-electron chi connectivity index (χ2n) is 6.18. The molecule has 3 aromatic rings. The van der Waals surface area contributed by atoms with E-state index in [1.807, 2.05) is 38.1 Å². The Morgan fingerprint density at radius 1 is 0.846 bits per heavy atom. The molecule has 0 spiro atoms. The Hall–Kier alpha value is -2.31. The van der Waals surface area contributed by atoms with Gasteiger partial charge in [-0.1, -0.05) is 47.2 Å². The van der Waals surface area contributed by atoms with Crippen LogP contribution in [0.4, 0.5) is 0 Å². The number of aryl methyl sites for hydroxylation is 3. The van der Waals surface area contributed by atoms with Crippen LogP contribution in [0.2, 0.25) is 0 Å². The molecule has 0 unspecified atom stereocenters. The molecule has 134 valence electrons. The number of aromatic nitrogens is 1. The zero-order chi connectivity index (χ0) is 18.9. The Labute approximate surface area is 157 Å². The van der Waals surface area contributed by atoms with Gasteiger partial charge in [0.25, 0.3) is 0 Å². The lowest BCUT2D eigenvalue weighted by atomic mass is 10.2. The van der Waals surface area contributed by atoms with Crippen LogP contribution in [-0.4, -0.2) is 13.4 Å². The molecular formula is C20H19NO3S2. The summed E-state index contributed by atoms with van der Waals surface area (Å²) in [6, 6.07) is 15.6. The number of aromatic amines is 1. The Kier molecular flexibility index (Phi) is 5.07. The second-order valence-corrected chi connectivity index (χ2v) is 9.19. The standard InChI is InChI=1S/C20H19NO3S2/c1-13-4-8-16(9-5-13)25-20-15(3)21-19(12-18(20)22)26(23,24)17-10-6-14(2)7-11-17/h4-12H,1-3H3,(H,21,22). The van der Waals surface area contributed by atoms with E-state index in [-0.39, 0.29) is 15.4 Å². The first kappa shape index (κ1) is 18.5. The second kappa shape index (κ2) is 7.13. The molecule has 1 N–H and O–H groups in total. The predicted octanol–water partition coefficient (Wildman–Crippen LogP) is 4.28. The van der Waals surface area contributed by atoms with Gasteiger partial charge in [-0.05, 0) is 45.0 Å². The van der Waals surface area contributed by atoms with Gasteiger partial charge in [0, 0.05) is 16.7 Å². The minimum Gasteiger partial charge on any atom is -0.348 e. The van der Waals surface area contributed by atoms with E-state index in [0.717, 1.165) is 16.0 Å². The number of hydrogen-bond acceptors (Lipinski definition) is 4. The highest BCUT2D eigenvalue weighted by Gasteiger charge is 2.21. The van der Waals surface area contributed by atoms with Gasteiger partial charge in [0.1, 0.15) is 5.03 Å². The minimum absolute atomic E-state index is 0.0860. The van der Waals surface area contributed by atoms with Crippen molar-refractivity contribution in [1.29, 1.82) is 0 Å². The van der Waals surface area contributed by atoms with E-state index < -0.39 is 9.84 Å². The van der Waals surface area contributed by atoms with Gasteiger partial charge in [0.05, 0.1) is 9.79 Å². The Morgan fingerprint density at radius 3 is 1.92 bits per heavy atom. The number of hydrogen-bond donors (Lipinski definition) is 1. The Morgan fingerprint density at radius 2 is 1.38 bits per heavy atom. The quantitative estimate of drug-likeness (QED) is 0.728. The first-order chi connectivity index (χ1) is 12.3. The summed E-state index contributed by atoms with van der Waals surface area (Å²) in [5, 5.41) is -0.0860. The fraction of sp³-hybridized carbons (Fsp3) is 0.150. The fourth-order valence-electron chi connectivity index (χ4n) is 2.49. The van der Waals surface area contributed by atoms with Crippen LogP contribution in [-0.2, 0) is 9.84 Å². The monoisotopic (exact) mass is 385 g/mol. The van der Waals surface area contributed by atoms with Crippen LogP contribution in [0, 0.1) is 20.8 Å². The molecular weight excluding hydrogens is 366 g/mol. The van der Waals surface area contributed by atoms with E-state index in [0.29, 0.717) is 10.6 Å². The van der Waals surface area contributed by atoms with Crippen molar-refractivity contribution in [3.63, 3.8) is 0 Å². The Balaban J connectivity index is 2.00. The maximum atomic E-state index is 12.8. The highest BCUT2D eigenvalue weighted by Crippen LogP contribution is 2.28. The number of sulfone groups is 1. The maximum absolute atomic E-state index is 12.8. The summed E-state index contributed by atoms with van der Waals surface area (Å²) in [6.45, 7) is 5.60. The van der Waals surface area contributed by atoms with Crippen molar-refractivity contribution in [2.75, 3.05) is 0 Å². The molecule has 0 aliphatic carbocycles. The molecule has 0 bridgehead atoms. The van der Waals surface area contributed by atoms with Crippen LogP contribution in [0.1, 0.15) is 16.8 Å². The van der Waals surface area contributed by atoms with Crippen molar-refractivity contribution in [3.05, 3.63) is 81.6 Å². The molecule has 0 aliphatic rings. The van der Waals surface area contributed by atoms with Crippen LogP contribution in [0.5, 0.6) is 0 Å². The van der Waals surface area contributed by atoms with E-state index in [1.54, 1.807) is 31.2 Å². The van der Waals surface area contributed by atoms with Crippen LogP contribution in [0.15, 0.2) is 79.1 Å². The summed E-state index contributed by atoms with van der Waals surface area (Å²) in [6.07, 6.45) is 0. The average molecular weight is 386 g/mol. The summed E-state index contributed by atoms with van der Waals surface area (Å²) >= 11 is 1.33. The molecule has 1 heterocycles. The molecule has 1 aromatic heterocycles. The Bertz CT molecular complexity index is 1100. The van der Waals surface area contributed by atoms with Crippen LogP contribution in [0.3, 0.4) is 0 Å². The third-order valence-electron chi connectivity index (χ3n) is 4.00. The summed E-state index contributed by atoms with van der Waals surface area (Å²) in [4.78, 5) is 17.0. The molecule has 4 nitrogen and oxygen atoms in total. The molecule has 0 radical (unpaired) electrons. The average Bonchev–Trinajstić information content (AvgIpc) is 2.60. The van der Waals surface area contributed by atoms with Gasteiger partial charge in [0.15, 0.2) is 5.43 Å². The predicted molar refractivity (Wildman–Crippen MR) is 104 cm³/mol. The molecule has 0 aliphatic heterocycles. The van der Waals surface area contributed by atoms with E-state index in [2.05, 4.69) is 4.98 Å². The third-order valence-corrected chi connectivity index (χ3v) is 6.91. The van der Waals surface area contributed by atoms with Gasteiger partial charge in [-0.25, -0.2) is 8.42 Å². The SMILES string of the molecule is Cc1ccc(Sc2c(C)[nH]c(S(=O)(=O)c3ccc(C)cc3)cc2=O)cc1. The van der Waals surface area contributed by atoms with Crippen LogP contribution in [0.25, 0.3) is 0 Å². The number of rotatable bonds is 4. The molecule has 0 amide bonds. The molecule has 0 saturated carbocycles. The lowest BCUT2D eigenvalue weighted by molar-refractivity contribution is 0.591. The van der Waals surface area contributed by atoms with Gasteiger partial charge in [0.2, 0.25) is 9.84 Å². The van der Waals surface area contributed by atoms with Gasteiger partial charge >= 0.3 is 0 Å². The van der Waals surface area contributed by atoms with Crippen molar-refractivity contribution in [1.82, 2.24) is 4.98 Å². The molecule has 0 fully saturated rings. The maximum Gasteiger partial charge on any atom is 0.221 e. The number of H-pyrrole nitrogens is 1. The first-order valence-corrected chi connectivity index (χ1v) is 10.4. The molecule has 0 atom stereocenters. The number of benzene rings is 2. The van der Waals surface area contributed by atoms with Gasteiger partial charge in [-0.2, -0.15) is 0 Å². The minimum atomic E-state index is -3.76. The molecule has 6 heteroatoms. The first-order valence-electron chi connectivity index (χ1n) is 8.07. The molecule has 2 aromatic carbocycles. The van der Waals surface area contributed by atoms with E-state index in [1.165, 1.54) is 17.8 Å². The molecule has 0 saturated heterocycles. The normalized spacial score (nSPS) is 11.5. The third kappa shape index (κ3) is 3.76. The highest BCUT2D eigenvalue weighted by molar-refractivity contribution is 7.99. The van der Waals surface area contributed by atoms with E-state index in [9.17, 15) is 13.2 Å². The fourth-order valence-corrected chi connectivity index (χ4v) is 4.66. The van der Waals surface area contributed by atoms with Gasteiger partial charge < -0.3 is 4.98 Å². The zero-order valence-corrected chi connectivity index (χ0v) is 16.4. The highest BCUT2D eigenvalue weighted by atomic mass is 32.2. The summed E-state index contributed by atoms with van der Waals surface area (Å²) in [5.41, 5.74) is 2.34. The van der Waals surface area contributed by atoms with Crippen molar-refractivity contribution in [3.8, 4) is 0 Å². The lowest BCUT2D eigenvalue weighted by Gasteiger charge is -2.10. The van der Waals surface area contributed by atoms with E-state index >= 15 is 0 Å². The van der Waals surface area contributed by atoms with Gasteiger partial charge in [-0.3, -0.25) is 4.79 Å². The lowest BCUT2D eigenvalue weighted by Crippen LogP contribution is -2.13. The topological polar surface area (TPSA) is 67.0 Å². The smallest absolute Gasteiger partial charge is 0.221 e. The number of nitrogens with one attached hydrogen (secondary N) is 1. The van der Waals surface area contributed by atoms with Crippen molar-refractivity contribution >= 4 is 21.6 Å². The van der Waals surface area contributed by atoms with Crippen LogP contribution >= 0.6 is 11.8 Å². The van der Waals surface area contributed by atoms with Crippen molar-refractivity contribution in [2.45, 2.75) is 40.5 Å². The van der Waals surface area contributed by atoms with Gasteiger partial charge in [-0.15, -0.1) is 0 Å². The van der Waals surface area contributed by atoms with E-state index in [4.69, 9.17) is 0 Å². The van der Waals surface area contributed by atoms with Crippen molar-refractivity contribution < 1.29 is 8.42 Å². The molecule has 3 rings (SSSR count). The summed E-state index contributed by atoms with van der Waals surface area (Å²) in [5.74, 6) is 0. The number of pyridine rings is 1. The molecule has 26 heavy (non-hydrogen) atoms. The summed E-state index contributed by atoms with van der Waals surface area (Å²) < 4.78 is 25.6.